The molecule has 0 saturated carbocycles. The summed E-state index contributed by atoms with van der Waals surface area (Å²) in [5.41, 5.74) is 7.40. The molecule has 0 amide bonds. The minimum absolute atomic E-state index is 0.475. The lowest BCUT2D eigenvalue weighted by atomic mass is 10.2. The Morgan fingerprint density at radius 3 is 2.83 bits per heavy atom. The molecule has 0 aliphatic carbocycles. The third-order valence-electron chi connectivity index (χ3n) is 1.73. The molecule has 1 aromatic rings. The fourth-order valence-corrected chi connectivity index (χ4v) is 1.27. The molecule has 1 rings (SSSR count). The van der Waals surface area contributed by atoms with Gasteiger partial charge in [-0.2, -0.15) is 0 Å². The molecule has 0 saturated heterocycles. The molecule has 0 bridgehead atoms. The van der Waals surface area contributed by atoms with Gasteiger partial charge in [-0.1, -0.05) is 11.6 Å². The molecule has 0 fully saturated rings. The van der Waals surface area contributed by atoms with Crippen LogP contribution in [-0.2, 0) is 6.54 Å². The highest BCUT2D eigenvalue weighted by Gasteiger charge is 2.04. The molecular weight excluding hydrogens is 174 g/mol. The van der Waals surface area contributed by atoms with Crippen LogP contribution in [-0.4, -0.2) is 12.0 Å². The molecule has 1 heterocycles. The minimum Gasteiger partial charge on any atom is -0.372 e. The molecule has 66 valence electrons. The summed E-state index contributed by atoms with van der Waals surface area (Å²) < 4.78 is 0. The smallest absolute Gasteiger partial charge is 0.144 e. The SMILES string of the molecule is CNc1nc(C)c(CN)cc1Cl. The molecule has 3 N–H and O–H groups in total. The van der Waals surface area contributed by atoms with E-state index in [1.165, 1.54) is 0 Å². The van der Waals surface area contributed by atoms with E-state index in [0.29, 0.717) is 17.4 Å². The molecule has 0 atom stereocenters. The highest BCUT2D eigenvalue weighted by atomic mass is 35.5. The second-order valence-electron chi connectivity index (χ2n) is 2.52. The Bertz CT molecular complexity index is 256. The Morgan fingerprint density at radius 2 is 2.33 bits per heavy atom. The van der Waals surface area contributed by atoms with Crippen LogP contribution in [0.25, 0.3) is 0 Å². The van der Waals surface area contributed by atoms with Gasteiger partial charge in [0.15, 0.2) is 0 Å². The van der Waals surface area contributed by atoms with Gasteiger partial charge < -0.3 is 11.1 Å². The van der Waals surface area contributed by atoms with Crippen molar-refractivity contribution in [3.63, 3.8) is 0 Å². The van der Waals surface area contributed by atoms with Gasteiger partial charge in [0.2, 0.25) is 0 Å². The van der Waals surface area contributed by atoms with Crippen LogP contribution in [0, 0.1) is 6.92 Å². The van der Waals surface area contributed by atoms with Gasteiger partial charge in [-0.05, 0) is 18.6 Å². The van der Waals surface area contributed by atoms with Crippen molar-refractivity contribution in [3.05, 3.63) is 22.3 Å². The van der Waals surface area contributed by atoms with E-state index >= 15 is 0 Å². The van der Waals surface area contributed by atoms with Crippen molar-refractivity contribution in [1.82, 2.24) is 4.98 Å². The minimum atomic E-state index is 0.475. The van der Waals surface area contributed by atoms with E-state index in [2.05, 4.69) is 10.3 Å². The molecule has 3 nitrogen and oxygen atoms in total. The number of nitrogens with zero attached hydrogens (tertiary/aromatic N) is 1. The molecule has 0 aromatic carbocycles. The highest BCUT2D eigenvalue weighted by Crippen LogP contribution is 2.21. The Morgan fingerprint density at radius 1 is 1.67 bits per heavy atom. The van der Waals surface area contributed by atoms with Gasteiger partial charge in [0.25, 0.3) is 0 Å². The van der Waals surface area contributed by atoms with Crippen LogP contribution in [0.5, 0.6) is 0 Å². The first kappa shape index (κ1) is 9.29. The van der Waals surface area contributed by atoms with Gasteiger partial charge in [0, 0.05) is 19.3 Å². The number of hydrogen-bond acceptors (Lipinski definition) is 3. The van der Waals surface area contributed by atoms with Gasteiger partial charge >= 0.3 is 0 Å². The summed E-state index contributed by atoms with van der Waals surface area (Å²) in [7, 11) is 1.79. The zero-order valence-corrected chi connectivity index (χ0v) is 7.94. The zero-order valence-electron chi connectivity index (χ0n) is 7.19. The van der Waals surface area contributed by atoms with Crippen LogP contribution in [0.3, 0.4) is 0 Å². The lowest BCUT2D eigenvalue weighted by Gasteiger charge is -2.07. The maximum atomic E-state index is 5.90. The Kier molecular flexibility index (Phi) is 2.89. The average molecular weight is 186 g/mol. The van der Waals surface area contributed by atoms with Crippen LogP contribution in [0.1, 0.15) is 11.3 Å². The summed E-state index contributed by atoms with van der Waals surface area (Å²) in [6, 6.07) is 1.84. The van der Waals surface area contributed by atoms with E-state index in [4.69, 9.17) is 17.3 Å². The summed E-state index contributed by atoms with van der Waals surface area (Å²) >= 11 is 5.90. The van der Waals surface area contributed by atoms with Crippen molar-refractivity contribution >= 4 is 17.4 Å². The maximum Gasteiger partial charge on any atom is 0.144 e. The number of anilines is 1. The Balaban J connectivity index is 3.16. The van der Waals surface area contributed by atoms with Gasteiger partial charge in [0.05, 0.1) is 5.02 Å². The van der Waals surface area contributed by atoms with Crippen LogP contribution in [0.15, 0.2) is 6.07 Å². The normalized spacial score (nSPS) is 10.0. The quantitative estimate of drug-likeness (QED) is 0.735. The monoisotopic (exact) mass is 185 g/mol. The fourth-order valence-electron chi connectivity index (χ4n) is 1.00. The molecule has 4 heteroatoms. The standard InChI is InChI=1S/C8H12ClN3/c1-5-6(4-10)3-7(9)8(11-2)12-5/h3H,4,10H2,1-2H3,(H,11,12). The summed E-state index contributed by atoms with van der Waals surface area (Å²) in [6.07, 6.45) is 0. The van der Waals surface area contributed by atoms with Gasteiger partial charge in [-0.25, -0.2) is 4.98 Å². The van der Waals surface area contributed by atoms with Gasteiger partial charge in [-0.15, -0.1) is 0 Å². The predicted octanol–water partition coefficient (Wildman–Crippen LogP) is 1.54. The number of aryl methyl sites for hydroxylation is 1. The lowest BCUT2D eigenvalue weighted by Crippen LogP contribution is -2.03. The molecular formula is C8H12ClN3. The first-order chi connectivity index (χ1) is 5.69. The Labute approximate surface area is 76.9 Å². The van der Waals surface area contributed by atoms with E-state index in [-0.39, 0.29) is 0 Å². The molecule has 0 radical (unpaired) electrons. The number of pyridine rings is 1. The number of hydrogen-bond donors (Lipinski definition) is 2. The van der Waals surface area contributed by atoms with Gasteiger partial charge in [-0.3, -0.25) is 0 Å². The third kappa shape index (κ3) is 1.68. The van der Waals surface area contributed by atoms with Crippen molar-refractivity contribution in [2.75, 3.05) is 12.4 Å². The first-order valence-corrected chi connectivity index (χ1v) is 4.10. The van der Waals surface area contributed by atoms with Crippen molar-refractivity contribution in [1.29, 1.82) is 0 Å². The summed E-state index contributed by atoms with van der Waals surface area (Å²) in [4.78, 5) is 4.24. The summed E-state index contributed by atoms with van der Waals surface area (Å²) in [5, 5.41) is 3.52. The number of nitrogens with two attached hydrogens (primary N) is 1. The first-order valence-electron chi connectivity index (χ1n) is 3.73. The lowest BCUT2D eigenvalue weighted by molar-refractivity contribution is 1.01. The Hall–Kier alpha value is -0.800. The number of rotatable bonds is 2. The topological polar surface area (TPSA) is 50.9 Å². The van der Waals surface area contributed by atoms with Crippen molar-refractivity contribution < 1.29 is 0 Å². The van der Waals surface area contributed by atoms with E-state index < -0.39 is 0 Å². The number of aromatic nitrogens is 1. The number of nitrogens with one attached hydrogen (secondary N) is 1. The van der Waals surface area contributed by atoms with Gasteiger partial charge in [0.1, 0.15) is 5.82 Å². The van der Waals surface area contributed by atoms with E-state index in [1.807, 2.05) is 13.0 Å². The molecule has 0 aliphatic rings. The van der Waals surface area contributed by atoms with Crippen molar-refractivity contribution in [2.24, 2.45) is 5.73 Å². The van der Waals surface area contributed by atoms with Crippen LogP contribution >= 0.6 is 11.6 Å². The zero-order chi connectivity index (χ0) is 9.14. The maximum absolute atomic E-state index is 5.90. The van der Waals surface area contributed by atoms with Crippen LogP contribution in [0.2, 0.25) is 5.02 Å². The van der Waals surface area contributed by atoms with Crippen molar-refractivity contribution in [2.45, 2.75) is 13.5 Å². The second kappa shape index (κ2) is 3.74. The van der Waals surface area contributed by atoms with E-state index in [1.54, 1.807) is 7.05 Å². The largest absolute Gasteiger partial charge is 0.372 e. The highest BCUT2D eigenvalue weighted by molar-refractivity contribution is 6.32. The van der Waals surface area contributed by atoms with E-state index in [0.717, 1.165) is 11.3 Å². The van der Waals surface area contributed by atoms with Crippen molar-refractivity contribution in [3.8, 4) is 0 Å². The molecule has 1 aromatic heterocycles. The summed E-state index contributed by atoms with van der Waals surface area (Å²) in [6.45, 7) is 2.39. The molecule has 0 aliphatic heterocycles. The predicted molar refractivity (Wildman–Crippen MR) is 51.4 cm³/mol. The molecule has 12 heavy (non-hydrogen) atoms. The third-order valence-corrected chi connectivity index (χ3v) is 2.02. The molecule has 0 unspecified atom stereocenters. The van der Waals surface area contributed by atoms with E-state index in [9.17, 15) is 0 Å². The van der Waals surface area contributed by atoms with Crippen LogP contribution < -0.4 is 11.1 Å². The second-order valence-corrected chi connectivity index (χ2v) is 2.92. The fraction of sp³-hybridized carbons (Fsp3) is 0.375. The molecule has 0 spiro atoms. The van der Waals surface area contributed by atoms with Crippen LogP contribution in [0.4, 0.5) is 5.82 Å². The number of halogens is 1. The summed E-state index contributed by atoms with van der Waals surface area (Å²) in [5.74, 6) is 0.700. The average Bonchev–Trinajstić information content (AvgIpc) is 2.08.